The maximum Gasteiger partial charge on any atom is 0.174 e. The molecule has 1 aromatic heterocycles. The van der Waals surface area contributed by atoms with Gasteiger partial charge in [-0.1, -0.05) is 0 Å². The average molecular weight is 278 g/mol. The second-order valence-electron chi connectivity index (χ2n) is 4.45. The highest BCUT2D eigenvalue weighted by molar-refractivity contribution is 6.13. The van der Waals surface area contributed by atoms with E-state index in [0.717, 1.165) is 12.1 Å². The van der Waals surface area contributed by atoms with Gasteiger partial charge in [0.25, 0.3) is 0 Å². The number of benzene rings is 1. The summed E-state index contributed by atoms with van der Waals surface area (Å²) in [7, 11) is 1.66. The van der Waals surface area contributed by atoms with Crippen molar-refractivity contribution in [3.8, 4) is 0 Å². The van der Waals surface area contributed by atoms with Crippen LogP contribution >= 0.6 is 0 Å². The number of Topliss-reactive ketones (excluding diaryl/α,β-unsaturated/α-hetero) is 2. The summed E-state index contributed by atoms with van der Waals surface area (Å²) < 4.78 is 27.7. The van der Waals surface area contributed by atoms with Gasteiger partial charge in [-0.25, -0.2) is 8.78 Å². The molecule has 0 amide bonds. The molecule has 0 saturated heterocycles. The molecule has 6 heteroatoms. The van der Waals surface area contributed by atoms with E-state index in [2.05, 4.69) is 5.10 Å². The van der Waals surface area contributed by atoms with E-state index >= 15 is 0 Å². The lowest BCUT2D eigenvalue weighted by Crippen LogP contribution is -2.10. The molecule has 0 fully saturated rings. The van der Waals surface area contributed by atoms with Gasteiger partial charge in [0.05, 0.1) is 23.2 Å². The summed E-state index contributed by atoms with van der Waals surface area (Å²) >= 11 is 0. The molecule has 0 N–H and O–H groups in total. The standard InChI is InChI=1S/C14H12F2N2O2/c1-8-11(7-18(2)17-8)14(20)6-13(19)10-4-3-9(15)5-12(10)16/h3-5,7H,6H2,1-2H3. The number of nitrogens with zero attached hydrogens (tertiary/aromatic N) is 2. The minimum Gasteiger partial charge on any atom is -0.294 e. The summed E-state index contributed by atoms with van der Waals surface area (Å²) in [5.41, 5.74) is 0.537. The van der Waals surface area contributed by atoms with Crippen molar-refractivity contribution in [3.05, 3.63) is 52.9 Å². The second-order valence-corrected chi connectivity index (χ2v) is 4.45. The minimum atomic E-state index is -0.967. The van der Waals surface area contributed by atoms with E-state index < -0.39 is 29.6 Å². The predicted molar refractivity (Wildman–Crippen MR) is 67.6 cm³/mol. The van der Waals surface area contributed by atoms with Crippen LogP contribution < -0.4 is 0 Å². The first-order chi connectivity index (χ1) is 9.38. The number of hydrogen-bond donors (Lipinski definition) is 0. The number of ketones is 2. The first kappa shape index (κ1) is 14.0. The third-order valence-electron chi connectivity index (χ3n) is 2.87. The summed E-state index contributed by atoms with van der Waals surface area (Å²) in [6, 6.07) is 2.64. The number of aryl methyl sites for hydroxylation is 2. The fraction of sp³-hybridized carbons (Fsp3) is 0.214. The Balaban J connectivity index is 2.19. The minimum absolute atomic E-state index is 0.290. The normalized spacial score (nSPS) is 10.6. The van der Waals surface area contributed by atoms with Crippen molar-refractivity contribution in [1.82, 2.24) is 9.78 Å². The Morgan fingerprint density at radius 1 is 1.20 bits per heavy atom. The van der Waals surface area contributed by atoms with Crippen LogP contribution in [0.25, 0.3) is 0 Å². The van der Waals surface area contributed by atoms with Crippen molar-refractivity contribution in [2.24, 2.45) is 7.05 Å². The van der Waals surface area contributed by atoms with Crippen molar-refractivity contribution < 1.29 is 18.4 Å². The fourth-order valence-corrected chi connectivity index (χ4v) is 1.93. The van der Waals surface area contributed by atoms with Gasteiger partial charge < -0.3 is 0 Å². The largest absolute Gasteiger partial charge is 0.294 e. The van der Waals surface area contributed by atoms with Crippen LogP contribution in [0.15, 0.2) is 24.4 Å². The Morgan fingerprint density at radius 3 is 2.40 bits per heavy atom. The van der Waals surface area contributed by atoms with Crippen molar-refractivity contribution in [2.75, 3.05) is 0 Å². The molecule has 1 aromatic carbocycles. The second kappa shape index (κ2) is 5.32. The van der Waals surface area contributed by atoms with Crippen LogP contribution in [0.2, 0.25) is 0 Å². The Hall–Kier alpha value is -2.37. The monoisotopic (exact) mass is 278 g/mol. The van der Waals surface area contributed by atoms with Gasteiger partial charge in [0, 0.05) is 19.3 Å². The molecule has 4 nitrogen and oxygen atoms in total. The molecular weight excluding hydrogens is 266 g/mol. The number of carbonyl (C=O) groups excluding carboxylic acids is 2. The molecule has 20 heavy (non-hydrogen) atoms. The summed E-state index contributed by atoms with van der Waals surface area (Å²) in [4.78, 5) is 23.8. The van der Waals surface area contributed by atoms with Gasteiger partial charge in [-0.2, -0.15) is 5.10 Å². The first-order valence-electron chi connectivity index (χ1n) is 5.90. The van der Waals surface area contributed by atoms with Gasteiger partial charge in [0.1, 0.15) is 11.6 Å². The molecule has 0 atom stereocenters. The Labute approximate surface area is 114 Å². The molecular formula is C14H12F2N2O2. The highest BCUT2D eigenvalue weighted by Gasteiger charge is 2.19. The topological polar surface area (TPSA) is 52.0 Å². The first-order valence-corrected chi connectivity index (χ1v) is 5.90. The fourth-order valence-electron chi connectivity index (χ4n) is 1.93. The lowest BCUT2D eigenvalue weighted by molar-refractivity contribution is 0.0892. The van der Waals surface area contributed by atoms with E-state index in [1.54, 1.807) is 14.0 Å². The smallest absolute Gasteiger partial charge is 0.174 e. The summed E-state index contributed by atoms with van der Waals surface area (Å²) in [6.07, 6.45) is 1.03. The molecule has 0 aliphatic rings. The van der Waals surface area contributed by atoms with Crippen molar-refractivity contribution >= 4 is 11.6 Å². The van der Waals surface area contributed by atoms with E-state index in [4.69, 9.17) is 0 Å². The quantitative estimate of drug-likeness (QED) is 0.637. The highest BCUT2D eigenvalue weighted by atomic mass is 19.1. The zero-order valence-electron chi connectivity index (χ0n) is 11.0. The maximum absolute atomic E-state index is 13.4. The van der Waals surface area contributed by atoms with Crippen LogP contribution in [0.3, 0.4) is 0 Å². The lowest BCUT2D eigenvalue weighted by atomic mass is 10.0. The van der Waals surface area contributed by atoms with Crippen molar-refractivity contribution in [2.45, 2.75) is 13.3 Å². The van der Waals surface area contributed by atoms with Gasteiger partial charge in [-0.3, -0.25) is 14.3 Å². The van der Waals surface area contributed by atoms with Crippen LogP contribution in [0.5, 0.6) is 0 Å². The third-order valence-corrected chi connectivity index (χ3v) is 2.87. The zero-order chi connectivity index (χ0) is 14.9. The number of hydrogen-bond acceptors (Lipinski definition) is 3. The summed E-state index contributed by atoms with van der Waals surface area (Å²) in [5, 5.41) is 4.00. The van der Waals surface area contributed by atoms with Gasteiger partial charge in [-0.15, -0.1) is 0 Å². The number of halogens is 2. The van der Waals surface area contributed by atoms with E-state index in [-0.39, 0.29) is 5.56 Å². The molecule has 2 rings (SSSR count). The van der Waals surface area contributed by atoms with Crippen LogP contribution in [0.1, 0.15) is 32.8 Å². The van der Waals surface area contributed by atoms with E-state index in [9.17, 15) is 18.4 Å². The molecule has 0 saturated carbocycles. The van der Waals surface area contributed by atoms with Gasteiger partial charge in [0.15, 0.2) is 11.6 Å². The SMILES string of the molecule is Cc1nn(C)cc1C(=O)CC(=O)c1ccc(F)cc1F. The predicted octanol–water partition coefficient (Wildman–Crippen LogP) is 2.46. The van der Waals surface area contributed by atoms with E-state index in [1.807, 2.05) is 0 Å². The summed E-state index contributed by atoms with van der Waals surface area (Å²) in [5.74, 6) is -2.86. The summed E-state index contributed by atoms with van der Waals surface area (Å²) in [6.45, 7) is 1.65. The van der Waals surface area contributed by atoms with Crippen LogP contribution in [0, 0.1) is 18.6 Å². The molecule has 0 bridgehead atoms. The third kappa shape index (κ3) is 2.79. The van der Waals surface area contributed by atoms with Crippen LogP contribution in [-0.4, -0.2) is 21.3 Å². The zero-order valence-corrected chi connectivity index (χ0v) is 11.0. The Bertz CT molecular complexity index is 692. The molecule has 104 valence electrons. The van der Waals surface area contributed by atoms with Crippen LogP contribution in [-0.2, 0) is 7.05 Å². The molecule has 1 heterocycles. The molecule has 0 unspecified atom stereocenters. The van der Waals surface area contributed by atoms with Crippen molar-refractivity contribution in [3.63, 3.8) is 0 Å². The Morgan fingerprint density at radius 2 is 1.85 bits per heavy atom. The van der Waals surface area contributed by atoms with E-state index in [1.165, 1.54) is 10.9 Å². The highest BCUT2D eigenvalue weighted by Crippen LogP contribution is 2.15. The van der Waals surface area contributed by atoms with E-state index in [0.29, 0.717) is 17.3 Å². The molecule has 0 aliphatic carbocycles. The van der Waals surface area contributed by atoms with Crippen molar-refractivity contribution in [1.29, 1.82) is 0 Å². The van der Waals surface area contributed by atoms with Gasteiger partial charge in [-0.05, 0) is 19.1 Å². The molecule has 0 radical (unpaired) electrons. The maximum atomic E-state index is 13.4. The average Bonchev–Trinajstić information content (AvgIpc) is 2.68. The number of aromatic nitrogens is 2. The molecule has 0 spiro atoms. The molecule has 2 aromatic rings. The number of rotatable bonds is 4. The number of carbonyl (C=O) groups is 2. The van der Waals surface area contributed by atoms with Crippen LogP contribution in [0.4, 0.5) is 8.78 Å². The lowest BCUT2D eigenvalue weighted by Gasteiger charge is -2.02. The van der Waals surface area contributed by atoms with Gasteiger partial charge in [0.2, 0.25) is 0 Å². The van der Waals surface area contributed by atoms with Gasteiger partial charge >= 0.3 is 0 Å². The molecule has 0 aliphatic heterocycles. The Kier molecular flexibility index (Phi) is 3.74.